The van der Waals surface area contributed by atoms with Crippen molar-refractivity contribution in [2.75, 3.05) is 25.2 Å². The van der Waals surface area contributed by atoms with Crippen LogP contribution in [-0.4, -0.2) is 42.3 Å². The van der Waals surface area contributed by atoms with Crippen molar-refractivity contribution in [1.82, 2.24) is 5.32 Å². The lowest BCUT2D eigenvalue weighted by atomic mass is 9.87. The lowest BCUT2D eigenvalue weighted by Gasteiger charge is -2.31. The molecule has 0 heterocycles. The molecule has 2 rings (SSSR count). The van der Waals surface area contributed by atoms with E-state index < -0.39 is 11.5 Å². The van der Waals surface area contributed by atoms with Crippen molar-refractivity contribution < 1.29 is 14.6 Å². The summed E-state index contributed by atoms with van der Waals surface area (Å²) in [7, 11) is 1.68. The van der Waals surface area contributed by atoms with Gasteiger partial charge in [0.05, 0.1) is 6.61 Å². The lowest BCUT2D eigenvalue weighted by molar-refractivity contribution is -0.145. The van der Waals surface area contributed by atoms with Crippen molar-refractivity contribution in [2.24, 2.45) is 0 Å². The first-order valence-electron chi connectivity index (χ1n) is 7.32. The van der Waals surface area contributed by atoms with Crippen LogP contribution in [0, 0.1) is 0 Å². The van der Waals surface area contributed by atoms with Gasteiger partial charge < -0.3 is 9.84 Å². The molecule has 1 atom stereocenters. The Morgan fingerprint density at radius 1 is 1.38 bits per heavy atom. The number of thioether (sulfide) groups is 1. The van der Waals surface area contributed by atoms with Crippen molar-refractivity contribution in [2.45, 2.75) is 30.8 Å². The SMILES string of the molecule is COCCSCCC(NC1CC1)(C(=O)O)c1ccccc1. The summed E-state index contributed by atoms with van der Waals surface area (Å²) in [5.74, 6) is 0.905. The number of rotatable bonds is 10. The highest BCUT2D eigenvalue weighted by molar-refractivity contribution is 7.99. The number of carboxylic acid groups (broad SMARTS) is 1. The van der Waals surface area contributed by atoms with Crippen molar-refractivity contribution in [3.05, 3.63) is 35.9 Å². The van der Waals surface area contributed by atoms with E-state index in [0.717, 1.165) is 29.9 Å². The summed E-state index contributed by atoms with van der Waals surface area (Å²) in [5, 5.41) is 13.2. The molecule has 2 N–H and O–H groups in total. The molecule has 1 aromatic rings. The largest absolute Gasteiger partial charge is 0.480 e. The van der Waals surface area contributed by atoms with Gasteiger partial charge in [0.15, 0.2) is 0 Å². The molecule has 21 heavy (non-hydrogen) atoms. The van der Waals surface area contributed by atoms with Gasteiger partial charge in [0.25, 0.3) is 0 Å². The fourth-order valence-corrected chi connectivity index (χ4v) is 3.30. The second-order valence-electron chi connectivity index (χ2n) is 5.35. The van der Waals surface area contributed by atoms with E-state index in [4.69, 9.17) is 4.74 Å². The highest BCUT2D eigenvalue weighted by Gasteiger charge is 2.43. The molecule has 1 aliphatic rings. The third-order valence-corrected chi connectivity index (χ3v) is 4.66. The number of aliphatic carboxylic acids is 1. The van der Waals surface area contributed by atoms with E-state index in [9.17, 15) is 9.90 Å². The number of carboxylic acids is 1. The quantitative estimate of drug-likeness (QED) is 0.650. The molecule has 0 amide bonds. The van der Waals surface area contributed by atoms with Crippen molar-refractivity contribution in [3.8, 4) is 0 Å². The van der Waals surface area contributed by atoms with Gasteiger partial charge in [-0.05, 0) is 30.6 Å². The van der Waals surface area contributed by atoms with Gasteiger partial charge in [-0.25, -0.2) is 4.79 Å². The Bertz CT molecular complexity index is 450. The Labute approximate surface area is 130 Å². The van der Waals surface area contributed by atoms with E-state index in [-0.39, 0.29) is 0 Å². The third kappa shape index (κ3) is 4.46. The van der Waals surface area contributed by atoms with E-state index in [1.807, 2.05) is 30.3 Å². The Balaban J connectivity index is 2.09. The van der Waals surface area contributed by atoms with Gasteiger partial charge in [-0.15, -0.1) is 0 Å². The van der Waals surface area contributed by atoms with Crippen LogP contribution < -0.4 is 5.32 Å². The van der Waals surface area contributed by atoms with Gasteiger partial charge in [-0.3, -0.25) is 5.32 Å². The summed E-state index contributed by atoms with van der Waals surface area (Å²) in [6, 6.07) is 9.87. The minimum Gasteiger partial charge on any atom is -0.480 e. The van der Waals surface area contributed by atoms with Gasteiger partial charge in [0.1, 0.15) is 5.54 Å². The molecule has 1 aliphatic carbocycles. The summed E-state index contributed by atoms with van der Waals surface area (Å²) in [6.07, 6.45) is 2.72. The Morgan fingerprint density at radius 2 is 2.10 bits per heavy atom. The van der Waals surface area contributed by atoms with Crippen molar-refractivity contribution in [1.29, 1.82) is 0 Å². The number of hydrogen-bond donors (Lipinski definition) is 2. The van der Waals surface area contributed by atoms with Crippen LogP contribution in [0.3, 0.4) is 0 Å². The van der Waals surface area contributed by atoms with Crippen LogP contribution in [0.5, 0.6) is 0 Å². The Morgan fingerprint density at radius 3 is 2.67 bits per heavy atom. The predicted molar refractivity (Wildman–Crippen MR) is 85.7 cm³/mol. The fraction of sp³-hybridized carbons (Fsp3) is 0.562. The van der Waals surface area contributed by atoms with Gasteiger partial charge in [-0.1, -0.05) is 30.3 Å². The number of ether oxygens (including phenoxy) is 1. The molecule has 0 spiro atoms. The summed E-state index contributed by atoms with van der Waals surface area (Å²) in [6.45, 7) is 0.701. The molecule has 5 heteroatoms. The maximum atomic E-state index is 12.0. The van der Waals surface area contributed by atoms with Gasteiger partial charge in [0, 0.05) is 18.9 Å². The van der Waals surface area contributed by atoms with Gasteiger partial charge >= 0.3 is 5.97 Å². The average molecular weight is 309 g/mol. The summed E-state index contributed by atoms with van der Waals surface area (Å²) < 4.78 is 5.03. The molecule has 0 aromatic heterocycles. The fourth-order valence-electron chi connectivity index (χ4n) is 2.36. The molecule has 0 saturated heterocycles. The Hall–Kier alpha value is -1.04. The first-order chi connectivity index (χ1) is 10.2. The van der Waals surface area contributed by atoms with Crippen LogP contribution in [0.1, 0.15) is 24.8 Å². The standard InChI is InChI=1S/C16H23NO3S/c1-20-10-12-21-11-9-16(15(18)19,17-14-7-8-14)13-5-3-2-4-6-13/h2-6,14,17H,7-12H2,1H3,(H,18,19). The average Bonchev–Trinajstić information content (AvgIpc) is 3.30. The van der Waals surface area contributed by atoms with Crippen LogP contribution in [0.4, 0.5) is 0 Å². The van der Waals surface area contributed by atoms with Crippen LogP contribution in [0.25, 0.3) is 0 Å². The smallest absolute Gasteiger partial charge is 0.328 e. The normalized spacial score (nSPS) is 17.4. The molecule has 1 aromatic carbocycles. The van der Waals surface area contributed by atoms with E-state index in [1.165, 1.54) is 0 Å². The first kappa shape index (κ1) is 16.3. The van der Waals surface area contributed by atoms with Crippen LogP contribution >= 0.6 is 11.8 Å². The first-order valence-corrected chi connectivity index (χ1v) is 8.48. The molecule has 1 unspecified atom stereocenters. The molecular weight excluding hydrogens is 286 g/mol. The van der Waals surface area contributed by atoms with Gasteiger partial charge in [0.2, 0.25) is 0 Å². The summed E-state index contributed by atoms with van der Waals surface area (Å²) in [4.78, 5) is 12.0. The number of methoxy groups -OCH3 is 1. The highest BCUT2D eigenvalue weighted by Crippen LogP contribution is 2.32. The maximum Gasteiger partial charge on any atom is 0.328 e. The zero-order valence-electron chi connectivity index (χ0n) is 12.4. The molecule has 0 radical (unpaired) electrons. The van der Waals surface area contributed by atoms with Crippen molar-refractivity contribution in [3.63, 3.8) is 0 Å². The number of hydrogen-bond acceptors (Lipinski definition) is 4. The monoisotopic (exact) mass is 309 g/mol. The summed E-state index contributed by atoms with van der Waals surface area (Å²) in [5.41, 5.74) is -0.126. The van der Waals surface area contributed by atoms with Crippen molar-refractivity contribution >= 4 is 17.7 Å². The van der Waals surface area contributed by atoms with E-state index in [2.05, 4.69) is 5.32 Å². The second-order valence-corrected chi connectivity index (χ2v) is 6.58. The maximum absolute atomic E-state index is 12.0. The van der Waals surface area contributed by atoms with E-state index in [1.54, 1.807) is 18.9 Å². The molecular formula is C16H23NO3S. The molecule has 1 saturated carbocycles. The molecule has 116 valence electrons. The Kier molecular flexibility index (Phi) is 6.08. The van der Waals surface area contributed by atoms with Crippen LogP contribution in [0.15, 0.2) is 30.3 Å². The number of nitrogens with one attached hydrogen (secondary N) is 1. The van der Waals surface area contributed by atoms with E-state index >= 15 is 0 Å². The molecule has 1 fully saturated rings. The summed E-state index contributed by atoms with van der Waals surface area (Å²) >= 11 is 1.74. The van der Waals surface area contributed by atoms with Crippen LogP contribution in [0.2, 0.25) is 0 Å². The highest BCUT2D eigenvalue weighted by atomic mass is 32.2. The lowest BCUT2D eigenvalue weighted by Crippen LogP contribution is -2.50. The third-order valence-electron chi connectivity index (χ3n) is 3.71. The minimum absolute atomic E-state index is 0.338. The molecule has 4 nitrogen and oxygen atoms in total. The predicted octanol–water partition coefficient (Wildman–Crippen LogP) is 2.49. The number of benzene rings is 1. The number of carbonyl (C=O) groups is 1. The molecule has 0 bridgehead atoms. The second kappa shape index (κ2) is 7.82. The topological polar surface area (TPSA) is 58.6 Å². The minimum atomic E-state index is -0.970. The molecule has 0 aliphatic heterocycles. The van der Waals surface area contributed by atoms with Gasteiger partial charge in [-0.2, -0.15) is 11.8 Å². The zero-order valence-corrected chi connectivity index (χ0v) is 13.2. The van der Waals surface area contributed by atoms with E-state index in [0.29, 0.717) is 19.1 Å². The zero-order chi connectivity index (χ0) is 15.1. The van der Waals surface area contributed by atoms with Crippen LogP contribution in [-0.2, 0) is 15.1 Å².